The van der Waals surface area contributed by atoms with E-state index in [9.17, 15) is 8.42 Å². The van der Waals surface area contributed by atoms with E-state index in [0.717, 1.165) is 13.1 Å². The van der Waals surface area contributed by atoms with Gasteiger partial charge >= 0.3 is 0 Å². The van der Waals surface area contributed by atoms with Crippen LogP contribution in [0, 0.1) is 0 Å². The van der Waals surface area contributed by atoms with Crippen LogP contribution in [-0.4, -0.2) is 38.3 Å². The van der Waals surface area contributed by atoms with Crippen LogP contribution >= 0.6 is 0 Å². The average molecular weight is 308 g/mol. The van der Waals surface area contributed by atoms with E-state index >= 15 is 0 Å². The molecule has 21 heavy (non-hydrogen) atoms. The van der Waals surface area contributed by atoms with E-state index in [4.69, 9.17) is 0 Å². The molecule has 1 heterocycles. The Labute approximate surface area is 125 Å². The molecule has 0 radical (unpaired) electrons. The van der Waals surface area contributed by atoms with E-state index in [0.29, 0.717) is 12.2 Å². The van der Waals surface area contributed by atoms with Crippen molar-refractivity contribution in [2.45, 2.75) is 18.4 Å². The number of nitrogens with one attached hydrogen (secondary N) is 1. The summed E-state index contributed by atoms with van der Waals surface area (Å²) in [6, 6.07) is 8.98. The maximum atomic E-state index is 12.5. The molecule has 0 amide bonds. The SMILES string of the molecule is CCNCCn1cc(S(=O)(=O)N(C)c2ccccc2)cn1. The van der Waals surface area contributed by atoms with Crippen LogP contribution in [0.3, 0.4) is 0 Å². The molecule has 1 aromatic heterocycles. The lowest BCUT2D eigenvalue weighted by molar-refractivity contribution is 0.563. The molecule has 114 valence electrons. The first kappa shape index (κ1) is 15.5. The van der Waals surface area contributed by atoms with Crippen molar-refractivity contribution in [3.05, 3.63) is 42.7 Å². The summed E-state index contributed by atoms with van der Waals surface area (Å²) in [4.78, 5) is 0.199. The van der Waals surface area contributed by atoms with Crippen molar-refractivity contribution in [3.8, 4) is 0 Å². The topological polar surface area (TPSA) is 67.2 Å². The lowest BCUT2D eigenvalue weighted by Crippen LogP contribution is -2.26. The van der Waals surface area contributed by atoms with Crippen LogP contribution in [0.15, 0.2) is 47.6 Å². The van der Waals surface area contributed by atoms with Gasteiger partial charge in [-0.25, -0.2) is 8.42 Å². The normalized spacial score (nSPS) is 11.5. The molecule has 0 aliphatic heterocycles. The minimum absolute atomic E-state index is 0.199. The second-order valence-corrected chi connectivity index (χ2v) is 6.57. The zero-order valence-electron chi connectivity index (χ0n) is 12.2. The van der Waals surface area contributed by atoms with Gasteiger partial charge in [0.1, 0.15) is 4.90 Å². The predicted octanol–water partition coefficient (Wildman–Crippen LogP) is 1.32. The van der Waals surface area contributed by atoms with Crippen LogP contribution in [-0.2, 0) is 16.6 Å². The van der Waals surface area contributed by atoms with E-state index in [1.165, 1.54) is 10.5 Å². The van der Waals surface area contributed by atoms with E-state index in [-0.39, 0.29) is 4.90 Å². The highest BCUT2D eigenvalue weighted by molar-refractivity contribution is 7.92. The predicted molar refractivity (Wildman–Crippen MR) is 82.8 cm³/mol. The quantitative estimate of drug-likeness (QED) is 0.783. The van der Waals surface area contributed by atoms with Gasteiger partial charge in [-0.15, -0.1) is 0 Å². The number of anilines is 1. The third-order valence-electron chi connectivity index (χ3n) is 3.16. The monoisotopic (exact) mass is 308 g/mol. The largest absolute Gasteiger partial charge is 0.315 e. The second-order valence-electron chi connectivity index (χ2n) is 4.60. The number of para-hydroxylation sites is 1. The molecular weight excluding hydrogens is 288 g/mol. The Morgan fingerprint density at radius 2 is 2.00 bits per heavy atom. The first-order chi connectivity index (χ1) is 10.1. The van der Waals surface area contributed by atoms with Crippen LogP contribution in [0.2, 0.25) is 0 Å². The number of rotatable bonds is 7. The molecule has 2 rings (SSSR count). The molecule has 0 atom stereocenters. The van der Waals surface area contributed by atoms with Crippen molar-refractivity contribution >= 4 is 15.7 Å². The Morgan fingerprint density at radius 3 is 2.67 bits per heavy atom. The Morgan fingerprint density at radius 1 is 1.29 bits per heavy atom. The number of aromatic nitrogens is 2. The van der Waals surface area contributed by atoms with Gasteiger partial charge in [-0.05, 0) is 18.7 Å². The third kappa shape index (κ3) is 3.62. The maximum absolute atomic E-state index is 12.5. The van der Waals surface area contributed by atoms with Crippen molar-refractivity contribution in [3.63, 3.8) is 0 Å². The first-order valence-corrected chi connectivity index (χ1v) is 8.27. The van der Waals surface area contributed by atoms with E-state index in [1.807, 2.05) is 13.0 Å². The summed E-state index contributed by atoms with van der Waals surface area (Å²) in [6.45, 7) is 4.29. The number of nitrogens with zero attached hydrogens (tertiary/aromatic N) is 3. The summed E-state index contributed by atoms with van der Waals surface area (Å²) >= 11 is 0. The maximum Gasteiger partial charge on any atom is 0.267 e. The van der Waals surface area contributed by atoms with Crippen molar-refractivity contribution in [2.24, 2.45) is 0 Å². The van der Waals surface area contributed by atoms with E-state index in [2.05, 4.69) is 10.4 Å². The number of benzene rings is 1. The van der Waals surface area contributed by atoms with Gasteiger partial charge in [-0.1, -0.05) is 25.1 Å². The van der Waals surface area contributed by atoms with Crippen molar-refractivity contribution < 1.29 is 8.42 Å². The summed E-state index contributed by atoms with van der Waals surface area (Å²) in [5.41, 5.74) is 0.623. The van der Waals surface area contributed by atoms with Crippen molar-refractivity contribution in [1.82, 2.24) is 15.1 Å². The van der Waals surface area contributed by atoms with Crippen LogP contribution in [0.25, 0.3) is 0 Å². The van der Waals surface area contributed by atoms with E-state index in [1.54, 1.807) is 42.2 Å². The first-order valence-electron chi connectivity index (χ1n) is 6.83. The molecule has 0 spiro atoms. The molecule has 0 aliphatic carbocycles. The number of hydrogen-bond donors (Lipinski definition) is 1. The van der Waals surface area contributed by atoms with Crippen LogP contribution in [0.5, 0.6) is 0 Å². The van der Waals surface area contributed by atoms with Gasteiger partial charge in [-0.2, -0.15) is 5.10 Å². The molecule has 0 saturated carbocycles. The van der Waals surface area contributed by atoms with Gasteiger partial charge in [0, 0.05) is 19.8 Å². The summed E-state index contributed by atoms with van der Waals surface area (Å²) in [6.07, 6.45) is 2.95. The number of hydrogen-bond acceptors (Lipinski definition) is 4. The molecule has 0 saturated heterocycles. The van der Waals surface area contributed by atoms with Crippen molar-refractivity contribution in [1.29, 1.82) is 0 Å². The Hall–Kier alpha value is -1.86. The molecule has 2 aromatic rings. The fourth-order valence-corrected chi connectivity index (χ4v) is 3.06. The highest BCUT2D eigenvalue weighted by Gasteiger charge is 2.22. The minimum atomic E-state index is -3.57. The highest BCUT2D eigenvalue weighted by atomic mass is 32.2. The molecule has 6 nitrogen and oxygen atoms in total. The van der Waals surface area contributed by atoms with Gasteiger partial charge in [0.05, 0.1) is 18.4 Å². The molecule has 7 heteroatoms. The lowest BCUT2D eigenvalue weighted by atomic mass is 10.3. The minimum Gasteiger partial charge on any atom is -0.315 e. The van der Waals surface area contributed by atoms with Crippen LogP contribution in [0.1, 0.15) is 6.92 Å². The van der Waals surface area contributed by atoms with Gasteiger partial charge in [0.2, 0.25) is 0 Å². The highest BCUT2D eigenvalue weighted by Crippen LogP contribution is 2.20. The smallest absolute Gasteiger partial charge is 0.267 e. The summed E-state index contributed by atoms with van der Waals surface area (Å²) in [5, 5.41) is 7.27. The zero-order chi connectivity index (χ0) is 15.3. The average Bonchev–Trinajstić information content (AvgIpc) is 2.97. The van der Waals surface area contributed by atoms with Gasteiger partial charge in [-0.3, -0.25) is 8.99 Å². The molecule has 0 aliphatic rings. The van der Waals surface area contributed by atoms with Gasteiger partial charge in [0.15, 0.2) is 0 Å². The fourth-order valence-electron chi connectivity index (χ4n) is 1.91. The Balaban J connectivity index is 2.16. The van der Waals surface area contributed by atoms with E-state index < -0.39 is 10.0 Å². The van der Waals surface area contributed by atoms with Crippen LogP contribution in [0.4, 0.5) is 5.69 Å². The molecule has 0 fully saturated rings. The number of sulfonamides is 1. The van der Waals surface area contributed by atoms with Gasteiger partial charge in [0.25, 0.3) is 10.0 Å². The molecular formula is C14H20N4O2S. The summed E-state index contributed by atoms with van der Waals surface area (Å²) in [5.74, 6) is 0. The standard InChI is InChI=1S/C14H20N4O2S/c1-3-15-9-10-18-12-14(11-16-18)21(19,20)17(2)13-7-5-4-6-8-13/h4-8,11-12,15H,3,9-10H2,1-2H3. The Bertz CT molecular complexity index is 667. The number of likely N-dealkylation sites (N-methyl/N-ethyl adjacent to an activating group) is 1. The fraction of sp³-hybridized carbons (Fsp3) is 0.357. The Kier molecular flexibility index (Phi) is 4.98. The lowest BCUT2D eigenvalue weighted by Gasteiger charge is -2.18. The molecule has 1 N–H and O–H groups in total. The third-order valence-corrected chi connectivity index (χ3v) is 4.89. The van der Waals surface area contributed by atoms with Crippen LogP contribution < -0.4 is 9.62 Å². The van der Waals surface area contributed by atoms with Crippen molar-refractivity contribution in [2.75, 3.05) is 24.4 Å². The molecule has 1 aromatic carbocycles. The van der Waals surface area contributed by atoms with Gasteiger partial charge < -0.3 is 5.32 Å². The zero-order valence-corrected chi connectivity index (χ0v) is 13.0. The summed E-state index contributed by atoms with van der Waals surface area (Å²) < 4.78 is 28.0. The molecule has 0 unspecified atom stereocenters. The molecule has 0 bridgehead atoms. The summed E-state index contributed by atoms with van der Waals surface area (Å²) in [7, 11) is -2.03. The second kappa shape index (κ2) is 6.73.